The number of nitrogens with zero attached hydrogens (tertiary/aromatic N) is 3. The first-order chi connectivity index (χ1) is 9.99. The third-order valence-corrected chi connectivity index (χ3v) is 3.45. The molecule has 1 aliphatic rings. The molecule has 0 unspecified atom stereocenters. The number of hydrogen-bond donors (Lipinski definition) is 2. The van der Waals surface area contributed by atoms with Gasteiger partial charge in [0.2, 0.25) is 11.8 Å². The van der Waals surface area contributed by atoms with Gasteiger partial charge in [0.1, 0.15) is 0 Å². The number of aromatic nitrogens is 2. The molecular formula is C13H16N4O4. The molecule has 0 aliphatic carbocycles. The number of rotatable bonds is 3. The Kier molecular flexibility index (Phi) is 4.46. The summed E-state index contributed by atoms with van der Waals surface area (Å²) in [6.07, 6.45) is 3.67. The average molecular weight is 292 g/mol. The van der Waals surface area contributed by atoms with E-state index in [-0.39, 0.29) is 29.2 Å². The largest absolute Gasteiger partial charge is 0.476 e. The Morgan fingerprint density at radius 2 is 1.86 bits per heavy atom. The number of carbonyl (C=O) groups is 3. The molecule has 1 aromatic rings. The normalized spacial score (nSPS) is 15.6. The van der Waals surface area contributed by atoms with Crippen LogP contribution in [0.15, 0.2) is 12.4 Å². The third-order valence-electron chi connectivity index (χ3n) is 3.45. The lowest BCUT2D eigenvalue weighted by atomic mass is 9.96. The number of carbonyl (C=O) groups excluding carboxylic acids is 2. The minimum atomic E-state index is -1.25. The van der Waals surface area contributed by atoms with Crippen molar-refractivity contribution < 1.29 is 19.5 Å². The molecule has 2 amide bonds. The highest BCUT2D eigenvalue weighted by atomic mass is 16.4. The lowest BCUT2D eigenvalue weighted by Crippen LogP contribution is -2.40. The van der Waals surface area contributed by atoms with Gasteiger partial charge in [-0.15, -0.1) is 0 Å². The van der Waals surface area contributed by atoms with Gasteiger partial charge in [-0.3, -0.25) is 9.59 Å². The summed E-state index contributed by atoms with van der Waals surface area (Å²) in [5, 5.41) is 11.5. The van der Waals surface area contributed by atoms with Crippen LogP contribution in [0.2, 0.25) is 0 Å². The van der Waals surface area contributed by atoms with Crippen molar-refractivity contribution in [1.29, 1.82) is 0 Å². The molecule has 1 fully saturated rings. The van der Waals surface area contributed by atoms with E-state index in [9.17, 15) is 14.4 Å². The van der Waals surface area contributed by atoms with Crippen molar-refractivity contribution in [1.82, 2.24) is 14.9 Å². The quantitative estimate of drug-likeness (QED) is 0.832. The van der Waals surface area contributed by atoms with E-state index in [1.165, 1.54) is 19.3 Å². The van der Waals surface area contributed by atoms with Crippen LogP contribution in [0, 0.1) is 5.92 Å². The first kappa shape index (κ1) is 14.9. The first-order valence-electron chi connectivity index (χ1n) is 6.59. The van der Waals surface area contributed by atoms with Crippen molar-refractivity contribution in [3.63, 3.8) is 0 Å². The van der Waals surface area contributed by atoms with Crippen LogP contribution in [-0.4, -0.2) is 50.8 Å². The van der Waals surface area contributed by atoms with Crippen LogP contribution in [0.3, 0.4) is 0 Å². The van der Waals surface area contributed by atoms with E-state index >= 15 is 0 Å². The zero-order chi connectivity index (χ0) is 15.4. The highest BCUT2D eigenvalue weighted by molar-refractivity contribution is 5.98. The van der Waals surface area contributed by atoms with Crippen molar-refractivity contribution in [3.8, 4) is 0 Å². The molecule has 8 heteroatoms. The molecule has 1 saturated heterocycles. The molecule has 2 N–H and O–H groups in total. The van der Waals surface area contributed by atoms with E-state index in [4.69, 9.17) is 5.11 Å². The number of carboxylic acids is 1. The maximum Gasteiger partial charge on any atom is 0.358 e. The number of carboxylic acid groups (broad SMARTS) is 1. The standard InChI is InChI=1S/C13H16N4O4/c1-8(18)17-6-2-9(3-7-17)12(19)16-11-10(13(20)21)14-4-5-15-11/h4-5,9H,2-3,6-7H2,1H3,(H,20,21)(H,15,16,19). The number of amides is 2. The second-order valence-corrected chi connectivity index (χ2v) is 4.83. The van der Waals surface area contributed by atoms with Crippen molar-refractivity contribution in [2.75, 3.05) is 18.4 Å². The summed E-state index contributed by atoms with van der Waals surface area (Å²) in [7, 11) is 0. The fourth-order valence-corrected chi connectivity index (χ4v) is 2.26. The zero-order valence-corrected chi connectivity index (χ0v) is 11.6. The lowest BCUT2D eigenvalue weighted by Gasteiger charge is -2.30. The van der Waals surface area contributed by atoms with Crippen LogP contribution in [0.25, 0.3) is 0 Å². The fraction of sp³-hybridized carbons (Fsp3) is 0.462. The van der Waals surface area contributed by atoms with E-state index in [1.54, 1.807) is 4.90 Å². The van der Waals surface area contributed by atoms with Gasteiger partial charge in [0.15, 0.2) is 11.5 Å². The minimum Gasteiger partial charge on any atom is -0.476 e. The van der Waals surface area contributed by atoms with Gasteiger partial charge >= 0.3 is 5.97 Å². The van der Waals surface area contributed by atoms with Gasteiger partial charge < -0.3 is 15.3 Å². The van der Waals surface area contributed by atoms with E-state index < -0.39 is 5.97 Å². The van der Waals surface area contributed by atoms with Crippen molar-refractivity contribution in [2.45, 2.75) is 19.8 Å². The Labute approximate surface area is 121 Å². The molecule has 2 rings (SSSR count). The van der Waals surface area contributed by atoms with Crippen LogP contribution < -0.4 is 5.32 Å². The SMILES string of the molecule is CC(=O)N1CCC(C(=O)Nc2nccnc2C(=O)O)CC1. The second-order valence-electron chi connectivity index (χ2n) is 4.83. The molecule has 8 nitrogen and oxygen atoms in total. The predicted octanol–water partition coefficient (Wildman–Crippen LogP) is 0.372. The minimum absolute atomic E-state index is 0.00375. The van der Waals surface area contributed by atoms with Crippen molar-refractivity contribution in [3.05, 3.63) is 18.1 Å². The molecule has 21 heavy (non-hydrogen) atoms. The van der Waals surface area contributed by atoms with E-state index in [1.807, 2.05) is 0 Å². The number of likely N-dealkylation sites (tertiary alicyclic amines) is 1. The summed E-state index contributed by atoms with van der Waals surface area (Å²) in [5.41, 5.74) is -0.285. The van der Waals surface area contributed by atoms with E-state index in [2.05, 4.69) is 15.3 Å². The van der Waals surface area contributed by atoms with Gasteiger partial charge in [-0.1, -0.05) is 0 Å². The molecule has 0 radical (unpaired) electrons. The summed E-state index contributed by atoms with van der Waals surface area (Å²) in [5.74, 6) is -1.85. The van der Waals surface area contributed by atoms with Crippen LogP contribution >= 0.6 is 0 Å². The second kappa shape index (κ2) is 6.29. The third kappa shape index (κ3) is 3.53. The predicted molar refractivity (Wildman–Crippen MR) is 72.6 cm³/mol. The van der Waals surface area contributed by atoms with Gasteiger partial charge in [0.25, 0.3) is 0 Å². The van der Waals surface area contributed by atoms with Gasteiger partial charge in [-0.25, -0.2) is 14.8 Å². The molecule has 1 aliphatic heterocycles. The highest BCUT2D eigenvalue weighted by Gasteiger charge is 2.27. The number of aromatic carboxylic acids is 1. The summed E-state index contributed by atoms with van der Waals surface area (Å²) in [6, 6.07) is 0. The summed E-state index contributed by atoms with van der Waals surface area (Å²) in [6.45, 7) is 2.55. The van der Waals surface area contributed by atoms with Gasteiger partial charge in [0, 0.05) is 38.3 Å². The van der Waals surface area contributed by atoms with Crippen LogP contribution in [-0.2, 0) is 9.59 Å². The zero-order valence-electron chi connectivity index (χ0n) is 11.6. The first-order valence-corrected chi connectivity index (χ1v) is 6.59. The maximum absolute atomic E-state index is 12.1. The van der Waals surface area contributed by atoms with E-state index in [0.717, 1.165) is 0 Å². The summed E-state index contributed by atoms with van der Waals surface area (Å²) >= 11 is 0. The Hall–Kier alpha value is -2.51. The monoisotopic (exact) mass is 292 g/mol. The Morgan fingerprint density at radius 3 is 2.43 bits per heavy atom. The van der Waals surface area contributed by atoms with E-state index in [0.29, 0.717) is 25.9 Å². The Bertz CT molecular complexity index is 567. The van der Waals surface area contributed by atoms with Crippen LogP contribution in [0.5, 0.6) is 0 Å². The van der Waals surface area contributed by atoms with Gasteiger partial charge in [0.05, 0.1) is 0 Å². The molecule has 0 saturated carbocycles. The maximum atomic E-state index is 12.1. The van der Waals surface area contributed by atoms with Gasteiger partial charge in [-0.2, -0.15) is 0 Å². The highest BCUT2D eigenvalue weighted by Crippen LogP contribution is 2.19. The molecule has 1 aromatic heterocycles. The molecule has 0 atom stereocenters. The number of piperidine rings is 1. The molecule has 0 bridgehead atoms. The van der Waals surface area contributed by atoms with Crippen molar-refractivity contribution >= 4 is 23.6 Å². The lowest BCUT2D eigenvalue weighted by molar-refractivity contribution is -0.132. The molecule has 112 valence electrons. The molecular weight excluding hydrogens is 276 g/mol. The smallest absolute Gasteiger partial charge is 0.358 e. The number of anilines is 1. The van der Waals surface area contributed by atoms with Crippen molar-refractivity contribution in [2.24, 2.45) is 5.92 Å². The fourth-order valence-electron chi connectivity index (χ4n) is 2.26. The average Bonchev–Trinajstić information content (AvgIpc) is 2.47. The van der Waals surface area contributed by atoms with Crippen LogP contribution in [0.1, 0.15) is 30.3 Å². The van der Waals surface area contributed by atoms with Gasteiger partial charge in [-0.05, 0) is 12.8 Å². The number of hydrogen-bond acceptors (Lipinski definition) is 5. The summed E-state index contributed by atoms with van der Waals surface area (Å²) < 4.78 is 0. The van der Waals surface area contributed by atoms with Crippen LogP contribution in [0.4, 0.5) is 5.82 Å². The number of nitrogens with one attached hydrogen (secondary N) is 1. The molecule has 2 heterocycles. The molecule has 0 aromatic carbocycles. The summed E-state index contributed by atoms with van der Waals surface area (Å²) in [4.78, 5) is 43.6. The topological polar surface area (TPSA) is 112 Å². The Morgan fingerprint density at radius 1 is 1.24 bits per heavy atom. The Balaban J connectivity index is 2.00. The molecule has 0 spiro atoms.